The van der Waals surface area contributed by atoms with Gasteiger partial charge in [-0.2, -0.15) is 0 Å². The Balaban J connectivity index is 0.808. The van der Waals surface area contributed by atoms with E-state index in [9.17, 15) is 28.8 Å². The highest BCUT2D eigenvalue weighted by Gasteiger charge is 2.14. The lowest BCUT2D eigenvalue weighted by Crippen LogP contribution is -2.45. The smallest absolute Gasteiger partial charge is 0.239 e. The van der Waals surface area contributed by atoms with Gasteiger partial charge in [0.05, 0.1) is 72.7 Å². The van der Waals surface area contributed by atoms with Crippen LogP contribution in [-0.4, -0.2) is 97.8 Å². The summed E-state index contributed by atoms with van der Waals surface area (Å²) < 4.78 is 0. The van der Waals surface area contributed by atoms with Gasteiger partial charge in [0.1, 0.15) is 0 Å². The van der Waals surface area contributed by atoms with Crippen LogP contribution in [0.5, 0.6) is 0 Å². The van der Waals surface area contributed by atoms with Gasteiger partial charge in [-0.3, -0.25) is 28.8 Å². The van der Waals surface area contributed by atoms with Crippen molar-refractivity contribution >= 4 is 90.4 Å². The number of nitrogens with one attached hydrogen (secondary N) is 8. The molecule has 2 heterocycles. The third-order valence-corrected chi connectivity index (χ3v) is 8.58. The first kappa shape index (κ1) is 38.4. The Morgan fingerprint density at radius 3 is 0.893 bits per heavy atom. The molecular formula is C40H40N10O6. The highest BCUT2D eigenvalue weighted by Crippen LogP contribution is 2.31. The third kappa shape index (κ3) is 10.2. The second kappa shape index (κ2) is 18.6. The van der Waals surface area contributed by atoms with Crippen LogP contribution in [0.2, 0.25) is 0 Å². The molecule has 0 atom stereocenters. The molecule has 0 fully saturated rings. The molecular weight excluding hydrogens is 717 g/mol. The fourth-order valence-electron chi connectivity index (χ4n) is 5.89. The first-order valence-electron chi connectivity index (χ1n) is 17.9. The van der Waals surface area contributed by atoms with Gasteiger partial charge in [0, 0.05) is 34.6 Å². The van der Waals surface area contributed by atoms with Crippen LogP contribution in [0.25, 0.3) is 43.6 Å². The number of carbonyl (C=O) groups is 6. The largest absolute Gasteiger partial charge is 0.375 e. The van der Waals surface area contributed by atoms with Gasteiger partial charge in [-0.1, -0.05) is 72.8 Å². The Labute approximate surface area is 320 Å². The summed E-state index contributed by atoms with van der Waals surface area (Å²) in [5.41, 5.74) is 4.66. The number of aromatic nitrogens is 2. The van der Waals surface area contributed by atoms with E-state index in [0.29, 0.717) is 0 Å². The Kier molecular flexibility index (Phi) is 12.7. The van der Waals surface area contributed by atoms with Gasteiger partial charge in [0.25, 0.3) is 0 Å². The highest BCUT2D eigenvalue weighted by molar-refractivity contribution is 6.09. The maximum atomic E-state index is 12.5. The number of hydrogen-bond donors (Lipinski definition) is 8. The fourth-order valence-corrected chi connectivity index (χ4v) is 5.89. The summed E-state index contributed by atoms with van der Waals surface area (Å²) in [4.78, 5) is 83.1. The SMILES string of the molecule is O=C(CNC(=O)CNC(=O)CNc1c2ccccc2nc2ccccc12)NCCNC(=O)CNC(=O)CNC(=O)CNc1c2ccccc2nc2ccccc12. The van der Waals surface area contributed by atoms with E-state index in [1.54, 1.807) is 0 Å². The van der Waals surface area contributed by atoms with Gasteiger partial charge in [-0.15, -0.1) is 0 Å². The number of carbonyl (C=O) groups excluding carboxylic acids is 6. The van der Waals surface area contributed by atoms with E-state index in [1.807, 2.05) is 97.1 Å². The number of nitrogens with zero attached hydrogens (tertiary/aromatic N) is 2. The molecule has 0 aliphatic rings. The molecule has 6 rings (SSSR count). The summed E-state index contributed by atoms with van der Waals surface area (Å²) in [7, 11) is 0. The van der Waals surface area contributed by atoms with Gasteiger partial charge in [0.2, 0.25) is 35.4 Å². The zero-order valence-corrected chi connectivity index (χ0v) is 30.2. The first-order valence-corrected chi connectivity index (χ1v) is 17.9. The molecule has 8 N–H and O–H groups in total. The normalized spacial score (nSPS) is 10.8. The summed E-state index contributed by atoms with van der Waals surface area (Å²) >= 11 is 0. The molecule has 2 aromatic heterocycles. The van der Waals surface area contributed by atoms with Crippen molar-refractivity contribution < 1.29 is 28.8 Å². The third-order valence-electron chi connectivity index (χ3n) is 8.58. The van der Waals surface area contributed by atoms with Crippen LogP contribution < -0.4 is 42.5 Å². The summed E-state index contributed by atoms with van der Waals surface area (Å²) in [5.74, 6) is -2.94. The molecule has 0 saturated heterocycles. The minimum absolute atomic E-state index is 0.0697. The van der Waals surface area contributed by atoms with Crippen LogP contribution in [0.4, 0.5) is 11.4 Å². The lowest BCUT2D eigenvalue weighted by Gasteiger charge is -2.13. The topological polar surface area (TPSA) is 224 Å². The van der Waals surface area contributed by atoms with Crippen LogP contribution in [0.3, 0.4) is 0 Å². The van der Waals surface area contributed by atoms with E-state index in [-0.39, 0.29) is 52.4 Å². The maximum absolute atomic E-state index is 12.5. The van der Waals surface area contributed by atoms with E-state index in [4.69, 9.17) is 0 Å². The van der Waals surface area contributed by atoms with Crippen molar-refractivity contribution in [1.29, 1.82) is 0 Å². The van der Waals surface area contributed by atoms with Crippen molar-refractivity contribution in [1.82, 2.24) is 41.9 Å². The Bertz CT molecular complexity index is 2160. The molecule has 0 aliphatic carbocycles. The van der Waals surface area contributed by atoms with Gasteiger partial charge in [0.15, 0.2) is 0 Å². The Morgan fingerprint density at radius 1 is 0.339 bits per heavy atom. The average Bonchev–Trinajstić information content (AvgIpc) is 3.22. The molecule has 0 bridgehead atoms. The standard InChI is InChI=1S/C40H40N10O6/c51-33(19-43-35(53)21-45-37(55)23-47-39-25-9-1-5-13-29(25)49-30-14-6-2-10-26(30)39)41-17-18-42-34(52)20-44-36(54)22-46-38(56)24-48-40-27-11-3-7-15-31(27)50-32-16-8-4-12-28(32)40/h1-16H,17-24H2,(H,41,51)(H,42,52)(H,43,53)(H,44,54)(H,45,55)(H,46,56)(H,47,49)(H,48,50). The molecule has 16 heteroatoms. The van der Waals surface area contributed by atoms with Gasteiger partial charge in [-0.05, 0) is 24.3 Å². The van der Waals surface area contributed by atoms with E-state index < -0.39 is 35.4 Å². The molecule has 6 aromatic rings. The number of anilines is 2. The minimum atomic E-state index is -0.555. The number of fused-ring (bicyclic) bond motifs is 4. The maximum Gasteiger partial charge on any atom is 0.239 e. The second-order valence-electron chi connectivity index (χ2n) is 12.6. The number of hydrogen-bond acceptors (Lipinski definition) is 10. The predicted molar refractivity (Wildman–Crippen MR) is 214 cm³/mol. The number of para-hydroxylation sites is 4. The number of amides is 6. The van der Waals surface area contributed by atoms with E-state index in [0.717, 1.165) is 55.0 Å². The number of pyridine rings is 2. The lowest BCUT2D eigenvalue weighted by atomic mass is 10.1. The average molecular weight is 757 g/mol. The molecule has 0 aliphatic heterocycles. The van der Waals surface area contributed by atoms with Crippen molar-refractivity contribution in [3.05, 3.63) is 97.1 Å². The van der Waals surface area contributed by atoms with Crippen LogP contribution in [0.15, 0.2) is 97.1 Å². The quantitative estimate of drug-likeness (QED) is 0.0492. The monoisotopic (exact) mass is 756 g/mol. The molecule has 286 valence electrons. The highest BCUT2D eigenvalue weighted by atomic mass is 16.2. The first-order chi connectivity index (χ1) is 27.2. The van der Waals surface area contributed by atoms with Gasteiger partial charge < -0.3 is 42.5 Å². The Hall–Kier alpha value is -7.36. The fraction of sp³-hybridized carbons (Fsp3) is 0.200. The number of benzene rings is 4. The van der Waals surface area contributed by atoms with Crippen LogP contribution in [0, 0.1) is 0 Å². The molecule has 16 nitrogen and oxygen atoms in total. The minimum Gasteiger partial charge on any atom is -0.375 e. The van der Waals surface area contributed by atoms with Crippen molar-refractivity contribution in [2.24, 2.45) is 0 Å². The second-order valence-corrected chi connectivity index (χ2v) is 12.6. The summed E-state index contributed by atoms with van der Waals surface area (Å²) in [6.07, 6.45) is 0. The Morgan fingerprint density at radius 2 is 0.589 bits per heavy atom. The molecule has 0 saturated carbocycles. The number of rotatable bonds is 17. The van der Waals surface area contributed by atoms with Crippen molar-refractivity contribution in [3.8, 4) is 0 Å². The van der Waals surface area contributed by atoms with E-state index in [2.05, 4.69) is 52.5 Å². The van der Waals surface area contributed by atoms with Crippen LogP contribution in [-0.2, 0) is 28.8 Å². The van der Waals surface area contributed by atoms with Crippen molar-refractivity contribution in [2.75, 3.05) is 63.0 Å². The summed E-state index contributed by atoms with van der Waals surface area (Å²) in [6, 6.07) is 30.4. The van der Waals surface area contributed by atoms with Gasteiger partial charge >= 0.3 is 0 Å². The van der Waals surface area contributed by atoms with Crippen LogP contribution in [0.1, 0.15) is 0 Å². The zero-order valence-electron chi connectivity index (χ0n) is 30.2. The van der Waals surface area contributed by atoms with E-state index in [1.165, 1.54) is 0 Å². The van der Waals surface area contributed by atoms with Crippen molar-refractivity contribution in [3.63, 3.8) is 0 Å². The summed E-state index contributed by atoms with van der Waals surface area (Å²) in [6.45, 7) is -1.34. The molecule has 4 aromatic carbocycles. The molecule has 6 amide bonds. The van der Waals surface area contributed by atoms with Crippen LogP contribution >= 0.6 is 0 Å². The molecule has 0 unspecified atom stereocenters. The molecule has 0 radical (unpaired) electrons. The molecule has 0 spiro atoms. The van der Waals surface area contributed by atoms with Crippen molar-refractivity contribution in [2.45, 2.75) is 0 Å². The van der Waals surface area contributed by atoms with Gasteiger partial charge in [-0.25, -0.2) is 9.97 Å². The molecule has 56 heavy (non-hydrogen) atoms. The summed E-state index contributed by atoms with van der Waals surface area (Å²) in [5, 5.41) is 24.8. The predicted octanol–water partition coefficient (Wildman–Crippen LogP) is 1.31. The zero-order chi connectivity index (χ0) is 39.3. The van der Waals surface area contributed by atoms with E-state index >= 15 is 0 Å². The lowest BCUT2D eigenvalue weighted by molar-refractivity contribution is -0.127.